The van der Waals surface area contributed by atoms with Crippen molar-refractivity contribution in [2.45, 2.75) is 18.6 Å². The van der Waals surface area contributed by atoms with Gasteiger partial charge in [0.2, 0.25) is 5.91 Å². The summed E-state index contributed by atoms with van der Waals surface area (Å²) in [6.45, 7) is 2.18. The van der Waals surface area contributed by atoms with Crippen molar-refractivity contribution >= 4 is 29.3 Å². The zero-order valence-electron chi connectivity index (χ0n) is 18.3. The molecule has 0 spiro atoms. The van der Waals surface area contributed by atoms with Gasteiger partial charge in [0.05, 0.1) is 23.9 Å². The normalized spacial score (nSPS) is 10.5. The average molecular weight is 472 g/mol. The number of hydrogen-bond donors (Lipinski definition) is 2. The van der Waals surface area contributed by atoms with Gasteiger partial charge in [-0.05, 0) is 67.6 Å². The summed E-state index contributed by atoms with van der Waals surface area (Å²) < 4.78 is 7.32. The van der Waals surface area contributed by atoms with E-state index < -0.39 is 0 Å². The second kappa shape index (κ2) is 10.6. The van der Waals surface area contributed by atoms with Crippen molar-refractivity contribution in [2.24, 2.45) is 0 Å². The molecule has 2 aromatic heterocycles. The van der Waals surface area contributed by atoms with Crippen molar-refractivity contribution in [1.29, 1.82) is 5.26 Å². The Morgan fingerprint density at radius 1 is 1.09 bits per heavy atom. The summed E-state index contributed by atoms with van der Waals surface area (Å²) in [5, 5.41) is 15.1. The first kappa shape index (κ1) is 22.9. The predicted molar refractivity (Wildman–Crippen MR) is 129 cm³/mol. The number of amides is 2. The minimum absolute atomic E-state index is 0.170. The number of aromatic nitrogens is 2. The van der Waals surface area contributed by atoms with E-state index in [1.165, 1.54) is 11.8 Å². The summed E-state index contributed by atoms with van der Waals surface area (Å²) in [5.41, 5.74) is 2.52. The lowest BCUT2D eigenvalue weighted by Crippen LogP contribution is -2.22. The number of aryl methyl sites for hydroxylation is 1. The summed E-state index contributed by atoms with van der Waals surface area (Å²) >= 11 is 1.30. The van der Waals surface area contributed by atoms with Crippen molar-refractivity contribution in [3.63, 3.8) is 0 Å². The molecule has 0 aliphatic carbocycles. The number of nitrogens with zero attached hydrogens (tertiary/aromatic N) is 3. The first-order valence-corrected chi connectivity index (χ1v) is 11.4. The Morgan fingerprint density at radius 3 is 2.53 bits per heavy atom. The van der Waals surface area contributed by atoms with E-state index in [2.05, 4.69) is 15.6 Å². The number of hydrogen-bond acceptors (Lipinski definition) is 6. The molecule has 8 nitrogen and oxygen atoms in total. The minimum atomic E-state index is -0.194. The van der Waals surface area contributed by atoms with Gasteiger partial charge in [-0.2, -0.15) is 5.26 Å². The zero-order chi connectivity index (χ0) is 23.9. The van der Waals surface area contributed by atoms with Crippen molar-refractivity contribution in [3.05, 3.63) is 95.7 Å². The average Bonchev–Trinajstić information content (AvgIpc) is 3.50. The number of anilines is 1. The fourth-order valence-electron chi connectivity index (χ4n) is 3.17. The van der Waals surface area contributed by atoms with Gasteiger partial charge in [-0.25, -0.2) is 4.98 Å². The minimum Gasteiger partial charge on any atom is -0.465 e. The number of rotatable bonds is 8. The number of carbonyl (C=O) groups excluding carboxylic acids is 2. The number of thioether (sulfide) groups is 1. The van der Waals surface area contributed by atoms with Crippen molar-refractivity contribution in [3.8, 4) is 11.8 Å². The molecule has 0 bridgehead atoms. The molecule has 0 aliphatic heterocycles. The van der Waals surface area contributed by atoms with Gasteiger partial charge in [0.1, 0.15) is 11.5 Å². The number of nitriles is 1. The van der Waals surface area contributed by atoms with Crippen LogP contribution in [0.1, 0.15) is 27.4 Å². The van der Waals surface area contributed by atoms with E-state index >= 15 is 0 Å². The van der Waals surface area contributed by atoms with Crippen LogP contribution in [-0.4, -0.2) is 27.1 Å². The van der Waals surface area contributed by atoms with Crippen LogP contribution < -0.4 is 10.6 Å². The third-order valence-corrected chi connectivity index (χ3v) is 5.83. The maximum absolute atomic E-state index is 12.4. The lowest BCUT2D eigenvalue weighted by molar-refractivity contribution is -0.113. The molecule has 2 N–H and O–H groups in total. The Hall–Kier alpha value is -4.29. The zero-order valence-corrected chi connectivity index (χ0v) is 19.1. The van der Waals surface area contributed by atoms with Crippen LogP contribution in [-0.2, 0) is 11.3 Å². The van der Waals surface area contributed by atoms with E-state index in [9.17, 15) is 9.59 Å². The molecule has 9 heteroatoms. The monoisotopic (exact) mass is 471 g/mol. The summed E-state index contributed by atoms with van der Waals surface area (Å²) in [4.78, 5) is 29.1. The van der Waals surface area contributed by atoms with Gasteiger partial charge in [-0.1, -0.05) is 11.8 Å². The van der Waals surface area contributed by atoms with Gasteiger partial charge < -0.3 is 15.1 Å². The van der Waals surface area contributed by atoms with Crippen LogP contribution >= 0.6 is 11.8 Å². The molecule has 0 aliphatic rings. The highest BCUT2D eigenvalue weighted by atomic mass is 32.2. The number of benzene rings is 2. The molecule has 0 unspecified atom stereocenters. The fraction of sp³-hybridized carbons (Fsp3) is 0.120. The number of nitrogens with one attached hydrogen (secondary N) is 2. The van der Waals surface area contributed by atoms with E-state index in [-0.39, 0.29) is 17.6 Å². The van der Waals surface area contributed by atoms with Gasteiger partial charge in [-0.15, -0.1) is 0 Å². The lowest BCUT2D eigenvalue weighted by Gasteiger charge is -2.09. The molecule has 0 saturated carbocycles. The van der Waals surface area contributed by atoms with E-state index in [1.54, 1.807) is 48.8 Å². The highest BCUT2D eigenvalue weighted by Gasteiger charge is 2.11. The standard InChI is InChI=1S/C25H21N5O3S/c1-17-2-11-22(33-17)15-28-24(32)19-5-9-21(10-6-19)30-13-12-27-25(30)34-16-23(31)29-20-7-3-18(14-26)4-8-20/h2-13H,15-16H2,1H3,(H,28,32)(H,29,31). The third kappa shape index (κ3) is 5.74. The predicted octanol–water partition coefficient (Wildman–Crippen LogP) is 4.31. The molecule has 2 heterocycles. The second-order valence-corrected chi connectivity index (χ2v) is 8.29. The fourth-order valence-corrected chi connectivity index (χ4v) is 3.94. The lowest BCUT2D eigenvalue weighted by atomic mass is 10.2. The first-order valence-electron chi connectivity index (χ1n) is 10.4. The van der Waals surface area contributed by atoms with E-state index in [0.717, 1.165) is 11.4 Å². The molecule has 0 saturated heterocycles. The Balaban J connectivity index is 1.33. The van der Waals surface area contributed by atoms with Crippen LogP contribution in [0.3, 0.4) is 0 Å². The Morgan fingerprint density at radius 2 is 1.85 bits per heavy atom. The topological polar surface area (TPSA) is 113 Å². The van der Waals surface area contributed by atoms with Gasteiger partial charge >= 0.3 is 0 Å². The molecule has 2 aromatic carbocycles. The number of furan rings is 1. The molecule has 0 radical (unpaired) electrons. The van der Waals surface area contributed by atoms with Crippen molar-refractivity contribution < 1.29 is 14.0 Å². The van der Waals surface area contributed by atoms with E-state index in [1.807, 2.05) is 41.8 Å². The second-order valence-electron chi connectivity index (χ2n) is 7.35. The Labute approximate surface area is 200 Å². The van der Waals surface area contributed by atoms with Crippen LogP contribution in [0.2, 0.25) is 0 Å². The van der Waals surface area contributed by atoms with Gasteiger partial charge in [0, 0.05) is 29.3 Å². The quantitative estimate of drug-likeness (QED) is 0.370. The van der Waals surface area contributed by atoms with Crippen LogP contribution in [0.15, 0.2) is 82.6 Å². The Bertz CT molecular complexity index is 1330. The van der Waals surface area contributed by atoms with E-state index in [0.29, 0.717) is 34.3 Å². The summed E-state index contributed by atoms with van der Waals surface area (Å²) in [5.74, 6) is 1.30. The first-order chi connectivity index (χ1) is 16.5. The number of carbonyl (C=O) groups is 2. The number of imidazole rings is 1. The van der Waals surface area contributed by atoms with Gasteiger partial charge in [0.25, 0.3) is 5.91 Å². The third-order valence-electron chi connectivity index (χ3n) is 4.86. The molecular weight excluding hydrogens is 450 g/mol. The molecule has 2 amide bonds. The SMILES string of the molecule is Cc1ccc(CNC(=O)c2ccc(-n3ccnc3SCC(=O)Nc3ccc(C#N)cc3)cc2)o1. The highest BCUT2D eigenvalue weighted by Crippen LogP contribution is 2.21. The molecule has 0 fully saturated rings. The molecule has 34 heavy (non-hydrogen) atoms. The maximum atomic E-state index is 12.4. The van der Waals surface area contributed by atoms with Crippen molar-refractivity contribution in [2.75, 3.05) is 11.1 Å². The summed E-state index contributed by atoms with van der Waals surface area (Å²) in [6.07, 6.45) is 3.46. The molecule has 4 aromatic rings. The van der Waals surface area contributed by atoms with Crippen LogP contribution in [0.4, 0.5) is 5.69 Å². The Kier molecular flexibility index (Phi) is 7.10. The van der Waals surface area contributed by atoms with Crippen LogP contribution in [0.25, 0.3) is 5.69 Å². The maximum Gasteiger partial charge on any atom is 0.251 e. The smallest absolute Gasteiger partial charge is 0.251 e. The van der Waals surface area contributed by atoms with Crippen LogP contribution in [0, 0.1) is 18.3 Å². The highest BCUT2D eigenvalue weighted by molar-refractivity contribution is 7.99. The summed E-state index contributed by atoms with van der Waals surface area (Å²) in [6, 6.07) is 19.5. The van der Waals surface area contributed by atoms with E-state index in [4.69, 9.17) is 9.68 Å². The molecule has 4 rings (SSSR count). The molecule has 0 atom stereocenters. The largest absolute Gasteiger partial charge is 0.465 e. The summed E-state index contributed by atoms with van der Waals surface area (Å²) in [7, 11) is 0. The molecule has 170 valence electrons. The van der Waals surface area contributed by atoms with Crippen molar-refractivity contribution in [1.82, 2.24) is 14.9 Å². The van der Waals surface area contributed by atoms with Crippen LogP contribution in [0.5, 0.6) is 0 Å². The molecular formula is C25H21N5O3S. The van der Waals surface area contributed by atoms with Gasteiger partial charge in [-0.3, -0.25) is 14.2 Å². The van der Waals surface area contributed by atoms with Gasteiger partial charge in [0.15, 0.2) is 5.16 Å².